The fraction of sp³-hybridized carbons (Fsp3) is 0.0526. The number of hydrogen-bond acceptors (Lipinski definition) is 1. The maximum absolute atomic E-state index is 2.47. The van der Waals surface area contributed by atoms with Gasteiger partial charge in [0.05, 0.1) is 11.4 Å². The maximum atomic E-state index is 2.47. The molecule has 0 radical (unpaired) electrons. The predicted molar refractivity (Wildman–Crippen MR) is 246 cm³/mol. The van der Waals surface area contributed by atoms with E-state index < -0.39 is 0 Å². The number of nitrogens with zero attached hydrogens (tertiary/aromatic N) is 1. The van der Waals surface area contributed by atoms with Crippen molar-refractivity contribution in [3.05, 3.63) is 236 Å². The van der Waals surface area contributed by atoms with Crippen LogP contribution in [0.4, 0.5) is 17.1 Å². The SMILES string of the molecule is CC1(C)c2cc(-c3cccc(-c4ccccc4)c3)ccc2N(c2ccc(-c3cccc(-c4ccccc4)c3)cc2)c2ccc(-c3cccc(-c4ccccc4)c3)cc21. The highest BCUT2D eigenvalue weighted by Gasteiger charge is 2.37. The van der Waals surface area contributed by atoms with E-state index in [2.05, 4.69) is 243 Å². The monoisotopic (exact) mass is 741 g/mol. The number of fused-ring (bicyclic) bond motifs is 2. The van der Waals surface area contributed by atoms with Crippen LogP contribution in [0.15, 0.2) is 224 Å². The molecule has 0 unspecified atom stereocenters. The highest BCUT2D eigenvalue weighted by atomic mass is 15.2. The molecule has 276 valence electrons. The molecule has 1 heterocycles. The fourth-order valence-corrected chi connectivity index (χ4v) is 8.71. The molecule has 9 aromatic rings. The second-order valence-electron chi connectivity index (χ2n) is 15.8. The summed E-state index contributed by atoms with van der Waals surface area (Å²) < 4.78 is 0. The molecule has 0 amide bonds. The standard InChI is InChI=1S/C57H43N/c1-57(2)53-38-50(48-25-13-22-45(36-48)41-17-8-4-9-18-41)29-33-55(53)58(52-31-27-43(28-32-52)47-24-12-21-44(35-47)40-15-6-3-7-16-40)56-34-30-51(39-54(56)57)49-26-14-23-46(37-49)42-19-10-5-11-20-42/h3-39H,1-2H3. The quantitative estimate of drug-likeness (QED) is 0.157. The second-order valence-corrected chi connectivity index (χ2v) is 15.8. The minimum Gasteiger partial charge on any atom is -0.310 e. The largest absolute Gasteiger partial charge is 0.310 e. The van der Waals surface area contributed by atoms with Crippen LogP contribution in [-0.4, -0.2) is 0 Å². The van der Waals surface area contributed by atoms with Crippen molar-refractivity contribution in [2.45, 2.75) is 19.3 Å². The van der Waals surface area contributed by atoms with E-state index in [1.165, 1.54) is 89.3 Å². The van der Waals surface area contributed by atoms with Gasteiger partial charge in [-0.3, -0.25) is 0 Å². The highest BCUT2D eigenvalue weighted by Crippen LogP contribution is 2.53. The molecule has 58 heavy (non-hydrogen) atoms. The van der Waals surface area contributed by atoms with Gasteiger partial charge in [0.1, 0.15) is 0 Å². The van der Waals surface area contributed by atoms with Gasteiger partial charge < -0.3 is 4.90 Å². The lowest BCUT2D eigenvalue weighted by Crippen LogP contribution is -2.30. The molecule has 0 aromatic heterocycles. The highest BCUT2D eigenvalue weighted by molar-refractivity contribution is 5.90. The molecule has 1 nitrogen and oxygen atoms in total. The van der Waals surface area contributed by atoms with Crippen molar-refractivity contribution in [1.82, 2.24) is 0 Å². The van der Waals surface area contributed by atoms with E-state index in [-0.39, 0.29) is 5.41 Å². The molecule has 9 aromatic carbocycles. The van der Waals surface area contributed by atoms with Gasteiger partial charge in [0, 0.05) is 11.1 Å². The van der Waals surface area contributed by atoms with Gasteiger partial charge in [0.2, 0.25) is 0 Å². The number of benzene rings is 9. The fourth-order valence-electron chi connectivity index (χ4n) is 8.71. The van der Waals surface area contributed by atoms with E-state index in [0.717, 1.165) is 5.69 Å². The molecule has 1 heteroatoms. The van der Waals surface area contributed by atoms with Gasteiger partial charge in [0.25, 0.3) is 0 Å². The lowest BCUT2D eigenvalue weighted by Gasteiger charge is -2.42. The third-order valence-corrected chi connectivity index (χ3v) is 11.9. The van der Waals surface area contributed by atoms with Gasteiger partial charge in [0.15, 0.2) is 0 Å². The van der Waals surface area contributed by atoms with Crippen LogP contribution in [0.1, 0.15) is 25.0 Å². The average molecular weight is 742 g/mol. The molecule has 1 aliphatic heterocycles. The summed E-state index contributed by atoms with van der Waals surface area (Å²) in [6.45, 7) is 4.78. The van der Waals surface area contributed by atoms with Crippen LogP contribution in [-0.2, 0) is 5.41 Å². The molecule has 0 aliphatic carbocycles. The molecule has 0 spiro atoms. The Morgan fingerprint density at radius 1 is 0.259 bits per heavy atom. The van der Waals surface area contributed by atoms with Gasteiger partial charge in [-0.2, -0.15) is 0 Å². The zero-order valence-corrected chi connectivity index (χ0v) is 32.8. The number of rotatable bonds is 7. The molecule has 0 saturated carbocycles. The van der Waals surface area contributed by atoms with E-state index >= 15 is 0 Å². The molecule has 0 bridgehead atoms. The van der Waals surface area contributed by atoms with Gasteiger partial charge in [-0.25, -0.2) is 0 Å². The molecule has 1 aliphatic rings. The van der Waals surface area contributed by atoms with Crippen LogP contribution < -0.4 is 4.90 Å². The topological polar surface area (TPSA) is 3.24 Å². The van der Waals surface area contributed by atoms with Crippen molar-refractivity contribution >= 4 is 17.1 Å². The molecular formula is C57H43N. The van der Waals surface area contributed by atoms with Crippen molar-refractivity contribution < 1.29 is 0 Å². The van der Waals surface area contributed by atoms with Gasteiger partial charge >= 0.3 is 0 Å². The zero-order chi connectivity index (χ0) is 39.1. The van der Waals surface area contributed by atoms with Crippen LogP contribution in [0, 0.1) is 0 Å². The summed E-state index contributed by atoms with van der Waals surface area (Å²) in [5.41, 5.74) is 20.5. The summed E-state index contributed by atoms with van der Waals surface area (Å²) in [4.78, 5) is 2.47. The Morgan fingerprint density at radius 2 is 0.534 bits per heavy atom. The van der Waals surface area contributed by atoms with Crippen molar-refractivity contribution in [3.8, 4) is 66.8 Å². The average Bonchev–Trinajstić information content (AvgIpc) is 3.30. The number of anilines is 3. The Kier molecular flexibility index (Phi) is 8.92. The molecule has 0 atom stereocenters. The first kappa shape index (κ1) is 35.2. The van der Waals surface area contributed by atoms with Crippen LogP contribution in [0.2, 0.25) is 0 Å². The van der Waals surface area contributed by atoms with E-state index in [4.69, 9.17) is 0 Å². The Labute approximate surface area is 342 Å². The van der Waals surface area contributed by atoms with Crippen molar-refractivity contribution in [2.24, 2.45) is 0 Å². The van der Waals surface area contributed by atoms with Crippen molar-refractivity contribution in [1.29, 1.82) is 0 Å². The third kappa shape index (κ3) is 6.51. The first-order valence-corrected chi connectivity index (χ1v) is 20.2. The van der Waals surface area contributed by atoms with Crippen LogP contribution in [0.5, 0.6) is 0 Å². The third-order valence-electron chi connectivity index (χ3n) is 11.9. The van der Waals surface area contributed by atoms with Crippen molar-refractivity contribution in [3.63, 3.8) is 0 Å². The summed E-state index contributed by atoms with van der Waals surface area (Å²) in [5, 5.41) is 0. The van der Waals surface area contributed by atoms with Crippen molar-refractivity contribution in [2.75, 3.05) is 4.90 Å². The smallest absolute Gasteiger partial charge is 0.0503 e. The zero-order valence-electron chi connectivity index (χ0n) is 32.8. The van der Waals surface area contributed by atoms with Crippen LogP contribution in [0.25, 0.3) is 66.8 Å². The van der Waals surface area contributed by atoms with E-state index in [0.29, 0.717) is 0 Å². The summed E-state index contributed by atoms with van der Waals surface area (Å²) in [6, 6.07) is 81.9. The Morgan fingerprint density at radius 3 is 0.897 bits per heavy atom. The maximum Gasteiger partial charge on any atom is 0.0503 e. The van der Waals surface area contributed by atoms with Gasteiger partial charge in [-0.1, -0.05) is 184 Å². The van der Waals surface area contributed by atoms with Gasteiger partial charge in [-0.05, 0) is 132 Å². The lowest BCUT2D eigenvalue weighted by molar-refractivity contribution is 0.632. The van der Waals surface area contributed by atoms with Crippen LogP contribution in [0.3, 0.4) is 0 Å². The molecule has 0 saturated heterocycles. The summed E-state index contributed by atoms with van der Waals surface area (Å²) in [6.07, 6.45) is 0. The minimum atomic E-state index is -0.279. The molecular weight excluding hydrogens is 699 g/mol. The summed E-state index contributed by atoms with van der Waals surface area (Å²) in [7, 11) is 0. The first-order valence-electron chi connectivity index (χ1n) is 20.2. The van der Waals surface area contributed by atoms with Crippen LogP contribution >= 0.6 is 0 Å². The molecule has 10 rings (SSSR count). The van der Waals surface area contributed by atoms with E-state index in [1.807, 2.05) is 0 Å². The lowest BCUT2D eigenvalue weighted by atomic mass is 9.72. The second kappa shape index (κ2) is 14.7. The summed E-state index contributed by atoms with van der Waals surface area (Å²) in [5.74, 6) is 0. The van der Waals surface area contributed by atoms with E-state index in [9.17, 15) is 0 Å². The minimum absolute atomic E-state index is 0.279. The normalized spacial score (nSPS) is 12.8. The summed E-state index contributed by atoms with van der Waals surface area (Å²) >= 11 is 0. The first-order chi connectivity index (χ1) is 28.5. The predicted octanol–water partition coefficient (Wildman–Crippen LogP) is 15.8. The molecule has 0 N–H and O–H groups in total. The van der Waals surface area contributed by atoms with Gasteiger partial charge in [-0.15, -0.1) is 0 Å². The van der Waals surface area contributed by atoms with E-state index in [1.54, 1.807) is 0 Å². The number of hydrogen-bond donors (Lipinski definition) is 0. The Hall–Kier alpha value is -7.22. The Balaban J connectivity index is 1.09. The molecule has 0 fully saturated rings. The Bertz CT molecular complexity index is 2750.